The van der Waals surface area contributed by atoms with Crippen molar-refractivity contribution in [3.8, 4) is 0 Å². The average Bonchev–Trinajstić information content (AvgIpc) is 2.14. The largest absolute Gasteiger partial charge is 0.0991 e. The standard InChI is InChI=1S/C12H17P/c1-4-6-8-9-11-13-12(3)10-7-5-2/h4-8,10,13H,1-3,9,11H2/b8-6-,10-7-. The average molecular weight is 192 g/mol. The molecule has 0 saturated heterocycles. The molecule has 0 heterocycles. The highest BCUT2D eigenvalue weighted by Gasteiger charge is 1.86. The van der Waals surface area contributed by atoms with Gasteiger partial charge in [0, 0.05) is 0 Å². The van der Waals surface area contributed by atoms with Gasteiger partial charge in [-0.05, 0) is 17.9 Å². The van der Waals surface area contributed by atoms with E-state index in [1.54, 1.807) is 12.2 Å². The van der Waals surface area contributed by atoms with E-state index < -0.39 is 0 Å². The first-order chi connectivity index (χ1) is 6.31. The topological polar surface area (TPSA) is 0 Å². The van der Waals surface area contributed by atoms with Gasteiger partial charge in [-0.2, -0.15) is 0 Å². The van der Waals surface area contributed by atoms with Gasteiger partial charge >= 0.3 is 0 Å². The molecule has 13 heavy (non-hydrogen) atoms. The van der Waals surface area contributed by atoms with Crippen LogP contribution in [0.2, 0.25) is 0 Å². The fourth-order valence-electron chi connectivity index (χ4n) is 0.752. The van der Waals surface area contributed by atoms with Crippen LogP contribution in [0.4, 0.5) is 0 Å². The van der Waals surface area contributed by atoms with Gasteiger partial charge < -0.3 is 0 Å². The van der Waals surface area contributed by atoms with Crippen LogP contribution >= 0.6 is 8.58 Å². The first kappa shape index (κ1) is 12.1. The second-order valence-corrected chi connectivity index (χ2v) is 4.00. The summed E-state index contributed by atoms with van der Waals surface area (Å²) in [5.74, 6) is 0. The Labute approximate surface area is 83.2 Å². The Kier molecular flexibility index (Phi) is 8.60. The summed E-state index contributed by atoms with van der Waals surface area (Å²) >= 11 is 0. The SMILES string of the molecule is C=C/C=C\CCPC(=C)/C=C\C=C. The van der Waals surface area contributed by atoms with Crippen molar-refractivity contribution in [2.75, 3.05) is 6.16 Å². The molecule has 0 radical (unpaired) electrons. The molecule has 0 aliphatic carbocycles. The normalized spacial score (nSPS) is 11.7. The highest BCUT2D eigenvalue weighted by atomic mass is 31.1. The van der Waals surface area contributed by atoms with E-state index in [0.29, 0.717) is 0 Å². The Balaban J connectivity index is 3.47. The molecule has 1 atom stereocenters. The van der Waals surface area contributed by atoms with Gasteiger partial charge in [-0.25, -0.2) is 0 Å². The lowest BCUT2D eigenvalue weighted by Gasteiger charge is -1.96. The maximum Gasteiger partial charge on any atom is -0.0278 e. The molecule has 0 N–H and O–H groups in total. The van der Waals surface area contributed by atoms with Crippen molar-refractivity contribution in [3.63, 3.8) is 0 Å². The number of hydrogen-bond acceptors (Lipinski definition) is 0. The minimum Gasteiger partial charge on any atom is -0.0991 e. The van der Waals surface area contributed by atoms with Crippen molar-refractivity contribution in [3.05, 3.63) is 61.5 Å². The first-order valence-electron chi connectivity index (χ1n) is 4.30. The smallest absolute Gasteiger partial charge is 0.0278 e. The molecule has 0 aromatic heterocycles. The van der Waals surface area contributed by atoms with Crippen LogP contribution in [0.25, 0.3) is 0 Å². The maximum atomic E-state index is 3.94. The Morgan fingerprint density at radius 2 is 1.85 bits per heavy atom. The highest BCUT2D eigenvalue weighted by molar-refractivity contribution is 7.43. The Morgan fingerprint density at radius 1 is 1.15 bits per heavy atom. The molecule has 0 amide bonds. The zero-order valence-corrected chi connectivity index (χ0v) is 9.00. The molecule has 0 spiro atoms. The van der Waals surface area contributed by atoms with Crippen LogP contribution in [0.15, 0.2) is 61.5 Å². The second kappa shape index (κ2) is 9.22. The third-order valence-corrected chi connectivity index (χ3v) is 2.53. The van der Waals surface area contributed by atoms with Crippen molar-refractivity contribution in [2.45, 2.75) is 6.42 Å². The van der Waals surface area contributed by atoms with E-state index in [9.17, 15) is 0 Å². The Hall–Kier alpha value is -0.870. The van der Waals surface area contributed by atoms with E-state index in [0.717, 1.165) is 15.0 Å². The molecule has 0 rings (SSSR count). The van der Waals surface area contributed by atoms with Crippen molar-refractivity contribution in [2.24, 2.45) is 0 Å². The van der Waals surface area contributed by atoms with Crippen LogP contribution in [-0.2, 0) is 0 Å². The second-order valence-electron chi connectivity index (χ2n) is 2.50. The summed E-state index contributed by atoms with van der Waals surface area (Å²) in [6, 6.07) is 0. The molecule has 0 nitrogen and oxygen atoms in total. The molecule has 0 aliphatic heterocycles. The summed E-state index contributed by atoms with van der Waals surface area (Å²) in [6.07, 6.45) is 13.9. The monoisotopic (exact) mass is 192 g/mol. The van der Waals surface area contributed by atoms with Gasteiger partial charge in [0.2, 0.25) is 0 Å². The maximum absolute atomic E-state index is 3.94. The molecule has 0 fully saturated rings. The van der Waals surface area contributed by atoms with E-state index in [4.69, 9.17) is 0 Å². The van der Waals surface area contributed by atoms with Gasteiger partial charge in [0.25, 0.3) is 0 Å². The van der Waals surface area contributed by atoms with Gasteiger partial charge in [0.05, 0.1) is 0 Å². The molecule has 0 saturated carbocycles. The van der Waals surface area contributed by atoms with Crippen LogP contribution in [0.3, 0.4) is 0 Å². The first-order valence-corrected chi connectivity index (χ1v) is 5.51. The van der Waals surface area contributed by atoms with Gasteiger partial charge in [-0.15, -0.1) is 0 Å². The summed E-state index contributed by atoms with van der Waals surface area (Å²) in [5, 5.41) is 1.19. The number of allylic oxidation sites excluding steroid dienone is 7. The van der Waals surface area contributed by atoms with Gasteiger partial charge in [-0.1, -0.05) is 64.8 Å². The molecule has 0 aromatic rings. The quantitative estimate of drug-likeness (QED) is 0.324. The molecule has 0 bridgehead atoms. The van der Waals surface area contributed by atoms with Crippen molar-refractivity contribution < 1.29 is 0 Å². The lowest BCUT2D eigenvalue weighted by Crippen LogP contribution is -1.72. The van der Waals surface area contributed by atoms with Gasteiger partial charge in [0.1, 0.15) is 0 Å². The van der Waals surface area contributed by atoms with Gasteiger partial charge in [-0.3, -0.25) is 0 Å². The van der Waals surface area contributed by atoms with E-state index in [2.05, 4.69) is 25.8 Å². The van der Waals surface area contributed by atoms with Crippen molar-refractivity contribution in [1.82, 2.24) is 0 Å². The molecule has 1 heteroatoms. The fraction of sp³-hybridized carbons (Fsp3) is 0.167. The lowest BCUT2D eigenvalue weighted by molar-refractivity contribution is 1.24. The van der Waals surface area contributed by atoms with E-state index >= 15 is 0 Å². The van der Waals surface area contributed by atoms with Crippen LogP contribution in [-0.4, -0.2) is 6.16 Å². The third kappa shape index (κ3) is 9.04. The fourth-order valence-corrected chi connectivity index (χ4v) is 1.60. The zero-order chi connectivity index (χ0) is 9.94. The molecular weight excluding hydrogens is 175 g/mol. The Bertz CT molecular complexity index is 221. The lowest BCUT2D eigenvalue weighted by atomic mass is 10.4. The zero-order valence-electron chi connectivity index (χ0n) is 8.00. The number of rotatable bonds is 7. The summed E-state index contributed by atoms with van der Waals surface area (Å²) < 4.78 is 0. The van der Waals surface area contributed by atoms with E-state index in [-0.39, 0.29) is 0 Å². The van der Waals surface area contributed by atoms with Gasteiger partial charge in [0.15, 0.2) is 0 Å². The van der Waals surface area contributed by atoms with E-state index in [1.807, 2.05) is 18.2 Å². The van der Waals surface area contributed by atoms with Crippen LogP contribution < -0.4 is 0 Å². The molecule has 0 aromatic carbocycles. The predicted octanol–water partition coefficient (Wildman–Crippen LogP) is 4.05. The van der Waals surface area contributed by atoms with Crippen molar-refractivity contribution >= 4 is 8.58 Å². The predicted molar refractivity (Wildman–Crippen MR) is 65.6 cm³/mol. The van der Waals surface area contributed by atoms with Crippen LogP contribution in [0.5, 0.6) is 0 Å². The van der Waals surface area contributed by atoms with Crippen LogP contribution in [0.1, 0.15) is 6.42 Å². The molecule has 1 unspecified atom stereocenters. The summed E-state index contributed by atoms with van der Waals surface area (Å²) in [4.78, 5) is 0. The highest BCUT2D eigenvalue weighted by Crippen LogP contribution is 2.23. The molecule has 0 aliphatic rings. The summed E-state index contributed by atoms with van der Waals surface area (Å²) in [6.45, 7) is 11.2. The minimum absolute atomic E-state index is 0.813. The van der Waals surface area contributed by atoms with E-state index in [1.165, 1.54) is 11.5 Å². The third-order valence-electron chi connectivity index (χ3n) is 1.37. The molecular formula is C12H17P. The summed E-state index contributed by atoms with van der Waals surface area (Å²) in [7, 11) is 0.813. The van der Waals surface area contributed by atoms with Crippen molar-refractivity contribution in [1.29, 1.82) is 0 Å². The minimum atomic E-state index is 0.813. The molecule has 70 valence electrons. The van der Waals surface area contributed by atoms with Crippen LogP contribution in [0, 0.1) is 0 Å². The summed E-state index contributed by atoms with van der Waals surface area (Å²) in [5.41, 5.74) is 0. The number of hydrogen-bond donors (Lipinski definition) is 0. The Morgan fingerprint density at radius 3 is 2.46 bits per heavy atom.